The molecule has 4 aromatic rings. The van der Waals surface area contributed by atoms with Gasteiger partial charge in [0, 0.05) is 17.7 Å². The maximum atomic E-state index is 10.7. The van der Waals surface area contributed by atoms with Crippen molar-refractivity contribution in [2.45, 2.75) is 13.0 Å². The van der Waals surface area contributed by atoms with E-state index in [1.807, 2.05) is 60.9 Å². The highest BCUT2D eigenvalue weighted by atomic mass is 16.5. The van der Waals surface area contributed by atoms with E-state index in [1.54, 1.807) is 6.07 Å². The average molecular weight is 398 g/mol. The molecule has 0 aliphatic heterocycles. The zero-order valence-electron chi connectivity index (χ0n) is 16.4. The normalized spacial score (nSPS) is 10.7. The van der Waals surface area contributed by atoms with Gasteiger partial charge < -0.3 is 14.4 Å². The van der Waals surface area contributed by atoms with E-state index in [1.165, 1.54) is 0 Å². The molecule has 0 unspecified atom stereocenters. The lowest BCUT2D eigenvalue weighted by Gasteiger charge is -2.12. The summed E-state index contributed by atoms with van der Waals surface area (Å²) in [5.74, 6) is -0.423. The van der Waals surface area contributed by atoms with Crippen LogP contribution in [0.4, 0.5) is 0 Å². The Hall–Kier alpha value is -3.86. The van der Waals surface area contributed by atoms with Crippen molar-refractivity contribution in [3.05, 3.63) is 96.8 Å². The van der Waals surface area contributed by atoms with Crippen molar-refractivity contribution in [2.75, 3.05) is 6.61 Å². The molecule has 5 heteroatoms. The molecule has 5 nitrogen and oxygen atoms in total. The Morgan fingerprint density at radius 2 is 1.60 bits per heavy atom. The quantitative estimate of drug-likeness (QED) is 0.457. The van der Waals surface area contributed by atoms with Crippen molar-refractivity contribution in [3.8, 4) is 28.3 Å². The third-order valence-electron chi connectivity index (χ3n) is 4.83. The largest absolute Gasteiger partial charge is 0.482 e. The molecule has 1 N–H and O–H groups in total. The zero-order chi connectivity index (χ0) is 20.8. The number of ether oxygens (including phenoxy) is 1. The van der Waals surface area contributed by atoms with Gasteiger partial charge in [0.15, 0.2) is 6.61 Å². The van der Waals surface area contributed by atoms with Crippen LogP contribution in [0.2, 0.25) is 0 Å². The van der Waals surface area contributed by atoms with Crippen LogP contribution in [0, 0.1) is 0 Å². The van der Waals surface area contributed by atoms with Crippen molar-refractivity contribution >= 4 is 5.97 Å². The van der Waals surface area contributed by atoms with E-state index in [0.717, 1.165) is 41.0 Å². The van der Waals surface area contributed by atoms with E-state index in [4.69, 9.17) is 14.8 Å². The molecule has 0 saturated heterocycles. The van der Waals surface area contributed by atoms with Gasteiger partial charge in [-0.25, -0.2) is 9.78 Å². The molecule has 1 aromatic heterocycles. The number of carboxylic acids is 1. The second kappa shape index (κ2) is 9.09. The number of aromatic nitrogens is 2. The van der Waals surface area contributed by atoms with Gasteiger partial charge in [0.05, 0.1) is 17.7 Å². The highest BCUT2D eigenvalue weighted by Crippen LogP contribution is 2.31. The molecule has 4 rings (SSSR count). The first-order chi connectivity index (χ1) is 14.7. The first kappa shape index (κ1) is 19.5. The third kappa shape index (κ3) is 4.58. The maximum absolute atomic E-state index is 10.7. The topological polar surface area (TPSA) is 64.3 Å². The van der Waals surface area contributed by atoms with E-state index in [0.29, 0.717) is 5.75 Å². The summed E-state index contributed by atoms with van der Waals surface area (Å²) >= 11 is 0. The van der Waals surface area contributed by atoms with E-state index in [2.05, 4.69) is 28.8 Å². The Morgan fingerprint density at radius 1 is 0.900 bits per heavy atom. The highest BCUT2D eigenvalue weighted by molar-refractivity contribution is 5.78. The van der Waals surface area contributed by atoms with Gasteiger partial charge in [-0.05, 0) is 24.1 Å². The van der Waals surface area contributed by atoms with Crippen LogP contribution in [0.1, 0.15) is 5.56 Å². The lowest BCUT2D eigenvalue weighted by molar-refractivity contribution is -0.139. The van der Waals surface area contributed by atoms with Gasteiger partial charge >= 0.3 is 5.97 Å². The van der Waals surface area contributed by atoms with Gasteiger partial charge in [-0.15, -0.1) is 0 Å². The fourth-order valence-electron chi connectivity index (χ4n) is 3.44. The fraction of sp³-hybridized carbons (Fsp3) is 0.120. The van der Waals surface area contributed by atoms with Crippen LogP contribution in [0.5, 0.6) is 5.75 Å². The highest BCUT2D eigenvalue weighted by Gasteiger charge is 2.14. The fourth-order valence-corrected chi connectivity index (χ4v) is 3.44. The molecular weight excluding hydrogens is 376 g/mol. The number of aryl methyl sites for hydroxylation is 2. The first-order valence-corrected chi connectivity index (χ1v) is 9.80. The van der Waals surface area contributed by atoms with Crippen LogP contribution in [0.15, 0.2) is 91.3 Å². The molecule has 150 valence electrons. The van der Waals surface area contributed by atoms with Gasteiger partial charge in [-0.3, -0.25) is 0 Å². The molecule has 0 fully saturated rings. The van der Waals surface area contributed by atoms with Gasteiger partial charge in [-0.1, -0.05) is 72.8 Å². The minimum Gasteiger partial charge on any atom is -0.482 e. The lowest BCUT2D eigenvalue weighted by Crippen LogP contribution is -2.09. The number of carbonyl (C=O) groups is 1. The van der Waals surface area contributed by atoms with Gasteiger partial charge in [0.25, 0.3) is 0 Å². The van der Waals surface area contributed by atoms with E-state index < -0.39 is 5.97 Å². The van der Waals surface area contributed by atoms with Crippen LogP contribution in [0.25, 0.3) is 22.5 Å². The lowest BCUT2D eigenvalue weighted by atomic mass is 10.0. The summed E-state index contributed by atoms with van der Waals surface area (Å²) in [6.45, 7) is 0.399. The Balaban J connectivity index is 1.60. The molecule has 0 amide bonds. The standard InChI is InChI=1S/C25H22N2O3/c28-23(29)17-30-22-13-7-8-19(16-22)14-15-27-18-26-24(20-9-3-1-4-10-20)25(27)21-11-5-2-6-12-21/h1-13,16,18H,14-15,17H2,(H,28,29). The monoisotopic (exact) mass is 398 g/mol. The van der Waals surface area contributed by atoms with Crippen LogP contribution < -0.4 is 4.74 Å². The van der Waals surface area contributed by atoms with Crippen molar-refractivity contribution in [2.24, 2.45) is 0 Å². The second-order valence-corrected chi connectivity index (χ2v) is 6.95. The molecule has 30 heavy (non-hydrogen) atoms. The Morgan fingerprint density at radius 3 is 2.30 bits per heavy atom. The minimum absolute atomic E-state index is 0.344. The Labute approximate surface area is 175 Å². The predicted molar refractivity (Wildman–Crippen MR) is 116 cm³/mol. The van der Waals surface area contributed by atoms with Crippen LogP contribution in [-0.4, -0.2) is 27.2 Å². The first-order valence-electron chi connectivity index (χ1n) is 9.80. The Bertz CT molecular complexity index is 1120. The van der Waals surface area contributed by atoms with E-state index in [9.17, 15) is 4.79 Å². The molecule has 0 aliphatic rings. The van der Waals surface area contributed by atoms with Crippen molar-refractivity contribution in [3.63, 3.8) is 0 Å². The summed E-state index contributed by atoms with van der Waals surface area (Å²) < 4.78 is 7.47. The van der Waals surface area contributed by atoms with E-state index >= 15 is 0 Å². The summed E-state index contributed by atoms with van der Waals surface area (Å²) in [6.07, 6.45) is 2.66. The molecule has 3 aromatic carbocycles. The molecule has 0 radical (unpaired) electrons. The average Bonchev–Trinajstić information content (AvgIpc) is 3.22. The van der Waals surface area contributed by atoms with Crippen LogP contribution in [0.3, 0.4) is 0 Å². The summed E-state index contributed by atoms with van der Waals surface area (Å²) in [4.78, 5) is 15.4. The van der Waals surface area contributed by atoms with Gasteiger partial charge in [0.1, 0.15) is 5.75 Å². The number of benzene rings is 3. The SMILES string of the molecule is O=C(O)COc1cccc(CCn2cnc(-c3ccccc3)c2-c2ccccc2)c1. The molecule has 0 aliphatic carbocycles. The summed E-state index contributed by atoms with van der Waals surface area (Å²) in [7, 11) is 0. The smallest absolute Gasteiger partial charge is 0.341 e. The molecule has 0 spiro atoms. The predicted octanol–water partition coefficient (Wildman–Crippen LogP) is 4.92. The van der Waals surface area contributed by atoms with Crippen LogP contribution >= 0.6 is 0 Å². The van der Waals surface area contributed by atoms with Gasteiger partial charge in [0.2, 0.25) is 0 Å². The summed E-state index contributed by atoms with van der Waals surface area (Å²) in [5.41, 5.74) is 5.32. The number of nitrogens with zero attached hydrogens (tertiary/aromatic N) is 2. The van der Waals surface area contributed by atoms with Crippen molar-refractivity contribution in [1.29, 1.82) is 0 Å². The number of hydrogen-bond donors (Lipinski definition) is 1. The van der Waals surface area contributed by atoms with Crippen molar-refractivity contribution in [1.82, 2.24) is 9.55 Å². The summed E-state index contributed by atoms with van der Waals surface area (Å²) in [6, 6.07) is 28.0. The number of rotatable bonds is 8. The second-order valence-electron chi connectivity index (χ2n) is 6.95. The molecule has 0 bridgehead atoms. The molecule has 0 saturated carbocycles. The number of hydrogen-bond acceptors (Lipinski definition) is 3. The van der Waals surface area contributed by atoms with Crippen LogP contribution in [-0.2, 0) is 17.8 Å². The minimum atomic E-state index is -0.986. The molecular formula is C25H22N2O3. The van der Waals surface area contributed by atoms with E-state index in [-0.39, 0.29) is 6.61 Å². The third-order valence-corrected chi connectivity index (χ3v) is 4.83. The zero-order valence-corrected chi connectivity index (χ0v) is 16.4. The summed E-state index contributed by atoms with van der Waals surface area (Å²) in [5, 5.41) is 8.80. The van der Waals surface area contributed by atoms with Gasteiger partial charge in [-0.2, -0.15) is 0 Å². The number of aliphatic carboxylic acids is 1. The Kier molecular flexibility index (Phi) is 5.90. The molecule has 1 heterocycles. The van der Waals surface area contributed by atoms with Crippen molar-refractivity contribution < 1.29 is 14.6 Å². The molecule has 0 atom stereocenters. The number of imidazole rings is 1. The number of carboxylic acid groups (broad SMARTS) is 1. The maximum Gasteiger partial charge on any atom is 0.341 e.